The predicted molar refractivity (Wildman–Crippen MR) is 130 cm³/mol. The number of nitrogens with one attached hydrogen (secondary N) is 4. The molecule has 0 bridgehead atoms. The second kappa shape index (κ2) is 11.3. The summed E-state index contributed by atoms with van der Waals surface area (Å²) in [6.45, 7) is 3.24. The third-order valence-corrected chi connectivity index (χ3v) is 5.40. The van der Waals surface area contributed by atoms with Crippen LogP contribution in [0, 0.1) is 5.82 Å². The molecule has 35 heavy (non-hydrogen) atoms. The SMILES string of the molecule is CCCCOC(=O)NCCCNC(=O)c1ccc2[nH]nc(-c3ncc(-c4cccc(F)c4)[nH]3)c2c1. The topological polar surface area (TPSA) is 125 Å². The number of H-pyrrole nitrogens is 2. The summed E-state index contributed by atoms with van der Waals surface area (Å²) in [5.74, 6) is -0.0587. The van der Waals surface area contributed by atoms with Gasteiger partial charge in [-0.05, 0) is 43.2 Å². The number of carbonyl (C=O) groups excluding carboxylic acids is 2. The molecule has 0 atom stereocenters. The number of benzene rings is 2. The van der Waals surface area contributed by atoms with Gasteiger partial charge in [-0.15, -0.1) is 0 Å². The Bertz CT molecular complexity index is 1320. The molecule has 0 aliphatic heterocycles. The van der Waals surface area contributed by atoms with Gasteiger partial charge in [-0.1, -0.05) is 25.5 Å². The van der Waals surface area contributed by atoms with E-state index in [-0.39, 0.29) is 11.7 Å². The molecule has 0 aliphatic rings. The number of aromatic nitrogens is 4. The molecule has 0 saturated carbocycles. The second-order valence-electron chi connectivity index (χ2n) is 8.01. The van der Waals surface area contributed by atoms with Gasteiger partial charge in [-0.2, -0.15) is 5.10 Å². The molecule has 0 radical (unpaired) electrons. The van der Waals surface area contributed by atoms with Gasteiger partial charge in [-0.3, -0.25) is 9.89 Å². The fraction of sp³-hybridized carbons (Fsp3) is 0.280. The zero-order chi connectivity index (χ0) is 24.6. The molecule has 0 unspecified atom stereocenters. The molecule has 0 fully saturated rings. The lowest BCUT2D eigenvalue weighted by Crippen LogP contribution is -2.30. The average molecular weight is 479 g/mol. The minimum atomic E-state index is -0.443. The average Bonchev–Trinajstić information content (AvgIpc) is 3.50. The van der Waals surface area contributed by atoms with Crippen LogP contribution < -0.4 is 10.6 Å². The molecule has 2 amide bonds. The lowest BCUT2D eigenvalue weighted by Gasteiger charge is -2.08. The lowest BCUT2D eigenvalue weighted by molar-refractivity contribution is 0.0953. The third-order valence-electron chi connectivity index (χ3n) is 5.40. The quantitative estimate of drug-likeness (QED) is 0.251. The zero-order valence-electron chi connectivity index (χ0n) is 19.4. The van der Waals surface area contributed by atoms with Crippen molar-refractivity contribution in [3.05, 3.63) is 60.0 Å². The molecule has 2 aromatic heterocycles. The van der Waals surface area contributed by atoms with Gasteiger partial charge in [-0.25, -0.2) is 14.2 Å². The molecule has 4 aromatic rings. The van der Waals surface area contributed by atoms with E-state index in [1.807, 2.05) is 6.92 Å². The Hall–Kier alpha value is -4.21. The largest absolute Gasteiger partial charge is 0.450 e. The molecule has 2 heterocycles. The number of ether oxygens (including phenoxy) is 1. The van der Waals surface area contributed by atoms with Crippen LogP contribution >= 0.6 is 0 Å². The van der Waals surface area contributed by atoms with Crippen LogP contribution in [0.3, 0.4) is 0 Å². The third kappa shape index (κ3) is 6.03. The van der Waals surface area contributed by atoms with E-state index in [1.165, 1.54) is 12.1 Å². The number of unbranched alkanes of at least 4 members (excludes halogenated alkanes) is 1. The van der Waals surface area contributed by atoms with Crippen LogP contribution in [0.5, 0.6) is 0 Å². The first-order chi connectivity index (χ1) is 17.0. The van der Waals surface area contributed by atoms with E-state index in [2.05, 4.69) is 30.8 Å². The van der Waals surface area contributed by atoms with Gasteiger partial charge < -0.3 is 20.4 Å². The first-order valence-electron chi connectivity index (χ1n) is 11.5. The van der Waals surface area contributed by atoms with E-state index in [0.29, 0.717) is 54.5 Å². The van der Waals surface area contributed by atoms with E-state index in [1.54, 1.807) is 36.5 Å². The number of fused-ring (bicyclic) bond motifs is 1. The zero-order valence-corrected chi connectivity index (χ0v) is 19.4. The molecule has 0 aliphatic carbocycles. The highest BCUT2D eigenvalue weighted by molar-refractivity contribution is 6.01. The molecule has 4 N–H and O–H groups in total. The van der Waals surface area contributed by atoms with Crippen LogP contribution in [0.15, 0.2) is 48.7 Å². The molecule has 0 saturated heterocycles. The van der Waals surface area contributed by atoms with Gasteiger partial charge in [0.25, 0.3) is 5.91 Å². The summed E-state index contributed by atoms with van der Waals surface area (Å²) in [5, 5.41) is 13.5. The number of alkyl carbamates (subject to hydrolysis) is 1. The fourth-order valence-electron chi connectivity index (χ4n) is 3.52. The fourth-order valence-corrected chi connectivity index (χ4v) is 3.52. The molecule has 9 nitrogen and oxygen atoms in total. The Morgan fingerprint density at radius 2 is 1.94 bits per heavy atom. The van der Waals surface area contributed by atoms with Gasteiger partial charge in [0.1, 0.15) is 11.5 Å². The van der Waals surface area contributed by atoms with E-state index < -0.39 is 6.09 Å². The number of halogens is 1. The molecular formula is C25H27FN6O3. The summed E-state index contributed by atoms with van der Waals surface area (Å²) in [4.78, 5) is 31.7. The Kier molecular flexibility index (Phi) is 7.71. The highest BCUT2D eigenvalue weighted by Gasteiger charge is 2.15. The maximum absolute atomic E-state index is 13.6. The highest BCUT2D eigenvalue weighted by atomic mass is 19.1. The van der Waals surface area contributed by atoms with E-state index in [4.69, 9.17) is 4.74 Å². The number of nitrogens with zero attached hydrogens (tertiary/aromatic N) is 2. The van der Waals surface area contributed by atoms with Crippen molar-refractivity contribution < 1.29 is 18.7 Å². The van der Waals surface area contributed by atoms with Gasteiger partial charge >= 0.3 is 6.09 Å². The van der Waals surface area contributed by atoms with Crippen molar-refractivity contribution in [3.8, 4) is 22.8 Å². The normalized spacial score (nSPS) is 10.9. The second-order valence-corrected chi connectivity index (χ2v) is 8.01. The minimum Gasteiger partial charge on any atom is -0.450 e. The molecule has 2 aromatic carbocycles. The van der Waals surface area contributed by atoms with Crippen molar-refractivity contribution >= 4 is 22.9 Å². The Balaban J connectivity index is 1.37. The van der Waals surface area contributed by atoms with Crippen molar-refractivity contribution in [3.63, 3.8) is 0 Å². The first kappa shape index (κ1) is 23.9. The summed E-state index contributed by atoms with van der Waals surface area (Å²) >= 11 is 0. The van der Waals surface area contributed by atoms with Gasteiger partial charge in [0.15, 0.2) is 5.82 Å². The monoisotopic (exact) mass is 478 g/mol. The van der Waals surface area contributed by atoms with Crippen LogP contribution in [0.2, 0.25) is 0 Å². The summed E-state index contributed by atoms with van der Waals surface area (Å²) in [6, 6.07) is 11.5. The standard InChI is InChI=1S/C25H27FN6O3/c1-2-3-12-35-25(34)28-11-5-10-27-24(33)17-8-9-20-19(14-17)22(32-31-20)23-29-15-21(30-23)16-6-4-7-18(26)13-16/h4,6-9,13-15H,2-3,5,10-12H2,1H3,(H,27,33)(H,28,34)(H,29,30)(H,31,32). The Labute approximate surface area is 201 Å². The van der Waals surface area contributed by atoms with Crippen molar-refractivity contribution in [1.29, 1.82) is 0 Å². The summed E-state index contributed by atoms with van der Waals surface area (Å²) in [6.07, 6.45) is 3.54. The number of amides is 2. The molecule has 182 valence electrons. The van der Waals surface area contributed by atoms with Gasteiger partial charge in [0.05, 0.1) is 24.0 Å². The summed E-state index contributed by atoms with van der Waals surface area (Å²) < 4.78 is 18.6. The van der Waals surface area contributed by atoms with Crippen LogP contribution in [0.4, 0.5) is 9.18 Å². The number of imidazole rings is 1. The van der Waals surface area contributed by atoms with Crippen LogP contribution in [0.25, 0.3) is 33.7 Å². The van der Waals surface area contributed by atoms with Crippen molar-refractivity contribution in [1.82, 2.24) is 30.8 Å². The maximum atomic E-state index is 13.6. The van der Waals surface area contributed by atoms with Gasteiger partial charge in [0.2, 0.25) is 0 Å². The van der Waals surface area contributed by atoms with Crippen LogP contribution in [0.1, 0.15) is 36.5 Å². The Morgan fingerprint density at radius 1 is 1.09 bits per heavy atom. The number of hydrogen-bond donors (Lipinski definition) is 4. The molecular weight excluding hydrogens is 451 g/mol. The summed E-state index contributed by atoms with van der Waals surface area (Å²) in [7, 11) is 0. The molecule has 0 spiro atoms. The number of carbonyl (C=O) groups is 2. The van der Waals surface area contributed by atoms with Crippen LogP contribution in [-0.2, 0) is 4.74 Å². The molecule has 10 heteroatoms. The first-order valence-corrected chi connectivity index (χ1v) is 11.5. The van der Waals surface area contributed by atoms with E-state index in [9.17, 15) is 14.0 Å². The lowest BCUT2D eigenvalue weighted by atomic mass is 10.1. The van der Waals surface area contributed by atoms with Crippen molar-refractivity contribution in [2.75, 3.05) is 19.7 Å². The van der Waals surface area contributed by atoms with Gasteiger partial charge in [0, 0.05) is 29.6 Å². The number of aromatic amines is 2. The minimum absolute atomic E-state index is 0.232. The number of hydrogen-bond acceptors (Lipinski definition) is 5. The maximum Gasteiger partial charge on any atom is 0.407 e. The van der Waals surface area contributed by atoms with E-state index in [0.717, 1.165) is 23.7 Å². The van der Waals surface area contributed by atoms with Crippen molar-refractivity contribution in [2.24, 2.45) is 0 Å². The summed E-state index contributed by atoms with van der Waals surface area (Å²) in [5.41, 5.74) is 3.12. The Morgan fingerprint density at radius 3 is 2.77 bits per heavy atom. The van der Waals surface area contributed by atoms with E-state index >= 15 is 0 Å². The number of rotatable bonds is 10. The molecule has 4 rings (SSSR count). The predicted octanol–water partition coefficient (Wildman–Crippen LogP) is 4.41. The van der Waals surface area contributed by atoms with Crippen LogP contribution in [-0.4, -0.2) is 51.9 Å². The van der Waals surface area contributed by atoms with Crippen molar-refractivity contribution in [2.45, 2.75) is 26.2 Å². The highest BCUT2D eigenvalue weighted by Crippen LogP contribution is 2.27. The smallest absolute Gasteiger partial charge is 0.407 e.